The number of aryl methyl sites for hydroxylation is 1. The van der Waals surface area contributed by atoms with Crippen molar-refractivity contribution in [2.75, 3.05) is 6.54 Å². The van der Waals surface area contributed by atoms with Crippen LogP contribution in [0.15, 0.2) is 24.3 Å². The van der Waals surface area contributed by atoms with E-state index in [1.807, 2.05) is 11.7 Å². The highest BCUT2D eigenvalue weighted by Crippen LogP contribution is 2.27. The third kappa shape index (κ3) is 3.16. The second kappa shape index (κ2) is 6.20. The lowest BCUT2D eigenvalue weighted by molar-refractivity contribution is 0.422. The van der Waals surface area contributed by atoms with E-state index < -0.39 is 0 Å². The van der Waals surface area contributed by atoms with E-state index in [9.17, 15) is 0 Å². The summed E-state index contributed by atoms with van der Waals surface area (Å²) >= 11 is 0. The molecule has 0 fully saturated rings. The van der Waals surface area contributed by atoms with E-state index in [-0.39, 0.29) is 0 Å². The van der Waals surface area contributed by atoms with E-state index in [1.54, 1.807) is 0 Å². The van der Waals surface area contributed by atoms with Gasteiger partial charge in [-0.25, -0.2) is 0 Å². The van der Waals surface area contributed by atoms with Gasteiger partial charge in [0.05, 0.1) is 17.3 Å². The summed E-state index contributed by atoms with van der Waals surface area (Å²) in [5, 5.41) is 9.67. The fourth-order valence-electron chi connectivity index (χ4n) is 2.58. The van der Waals surface area contributed by atoms with Crippen molar-refractivity contribution in [3.05, 3.63) is 30.0 Å². The van der Waals surface area contributed by atoms with Crippen LogP contribution in [0.1, 0.15) is 45.3 Å². The molecule has 2 rings (SSSR count). The van der Waals surface area contributed by atoms with Crippen LogP contribution in [0.25, 0.3) is 10.9 Å². The lowest BCUT2D eigenvalue weighted by Crippen LogP contribution is -2.24. The van der Waals surface area contributed by atoms with E-state index in [0.29, 0.717) is 12.0 Å². The molecule has 0 aliphatic heterocycles. The smallest absolute Gasteiger partial charge is 0.0872 e. The van der Waals surface area contributed by atoms with Crippen LogP contribution in [0.3, 0.4) is 0 Å². The SMILES string of the molecule is CCCNC(CC(C)C)c1nn(C)c2ccccc12. The fraction of sp³-hybridized carbons (Fsp3) is 0.562. The van der Waals surface area contributed by atoms with Crippen molar-refractivity contribution in [3.8, 4) is 0 Å². The van der Waals surface area contributed by atoms with Gasteiger partial charge in [-0.15, -0.1) is 0 Å². The molecule has 1 N–H and O–H groups in total. The Balaban J connectivity index is 2.37. The molecule has 0 saturated heterocycles. The molecule has 1 aromatic heterocycles. The standard InChI is InChI=1S/C16H25N3/c1-5-10-17-14(11-12(2)3)16-13-8-6-7-9-15(13)19(4)18-16/h6-9,12,14,17H,5,10-11H2,1-4H3. The van der Waals surface area contributed by atoms with E-state index in [0.717, 1.165) is 19.4 Å². The summed E-state index contributed by atoms with van der Waals surface area (Å²) in [5.74, 6) is 0.662. The van der Waals surface area contributed by atoms with Gasteiger partial charge in [0.1, 0.15) is 0 Å². The highest BCUT2D eigenvalue weighted by atomic mass is 15.3. The summed E-state index contributed by atoms with van der Waals surface area (Å²) in [6, 6.07) is 8.84. The van der Waals surface area contributed by atoms with E-state index in [4.69, 9.17) is 5.10 Å². The largest absolute Gasteiger partial charge is 0.309 e. The zero-order chi connectivity index (χ0) is 13.8. The molecule has 19 heavy (non-hydrogen) atoms. The summed E-state index contributed by atoms with van der Waals surface area (Å²) in [6.45, 7) is 7.79. The topological polar surface area (TPSA) is 29.9 Å². The molecule has 0 aliphatic carbocycles. The van der Waals surface area contributed by atoms with E-state index in [1.165, 1.54) is 16.6 Å². The van der Waals surface area contributed by atoms with Gasteiger partial charge in [-0.1, -0.05) is 39.0 Å². The summed E-state index contributed by atoms with van der Waals surface area (Å²) in [5.41, 5.74) is 2.41. The molecular formula is C16H25N3. The fourth-order valence-corrected chi connectivity index (χ4v) is 2.58. The second-order valence-corrected chi connectivity index (χ2v) is 5.66. The monoisotopic (exact) mass is 259 g/mol. The molecule has 0 radical (unpaired) electrons. The molecule has 0 aliphatic rings. The van der Waals surface area contributed by atoms with Gasteiger partial charge in [-0.3, -0.25) is 4.68 Å². The first-order chi connectivity index (χ1) is 9.13. The molecule has 1 aromatic carbocycles. The van der Waals surface area contributed by atoms with Crippen molar-refractivity contribution in [1.82, 2.24) is 15.1 Å². The number of rotatable bonds is 6. The van der Waals surface area contributed by atoms with Crippen LogP contribution in [0.5, 0.6) is 0 Å². The van der Waals surface area contributed by atoms with Crippen molar-refractivity contribution in [3.63, 3.8) is 0 Å². The third-order valence-corrected chi connectivity index (χ3v) is 3.46. The molecule has 1 unspecified atom stereocenters. The zero-order valence-electron chi connectivity index (χ0n) is 12.5. The minimum absolute atomic E-state index is 0.353. The molecule has 1 heterocycles. The Labute approximate surface area is 116 Å². The van der Waals surface area contributed by atoms with Gasteiger partial charge in [0.25, 0.3) is 0 Å². The number of hydrogen-bond acceptors (Lipinski definition) is 2. The number of aromatic nitrogens is 2. The predicted molar refractivity (Wildman–Crippen MR) is 81.2 cm³/mol. The summed E-state index contributed by atoms with van der Waals surface area (Å²) in [6.07, 6.45) is 2.28. The maximum absolute atomic E-state index is 4.75. The Morgan fingerprint density at radius 2 is 2.00 bits per heavy atom. The van der Waals surface area contributed by atoms with Crippen molar-refractivity contribution in [2.24, 2.45) is 13.0 Å². The van der Waals surface area contributed by atoms with Gasteiger partial charge in [0, 0.05) is 12.4 Å². The Morgan fingerprint density at radius 1 is 1.26 bits per heavy atom. The van der Waals surface area contributed by atoms with Crippen LogP contribution >= 0.6 is 0 Å². The first-order valence-corrected chi connectivity index (χ1v) is 7.28. The summed E-state index contributed by atoms with van der Waals surface area (Å²) in [4.78, 5) is 0. The third-order valence-electron chi connectivity index (χ3n) is 3.46. The summed E-state index contributed by atoms with van der Waals surface area (Å²) in [7, 11) is 2.03. The average Bonchev–Trinajstić information content (AvgIpc) is 2.72. The predicted octanol–water partition coefficient (Wildman–Crippen LogP) is 3.66. The first-order valence-electron chi connectivity index (χ1n) is 7.28. The van der Waals surface area contributed by atoms with Crippen molar-refractivity contribution >= 4 is 10.9 Å². The van der Waals surface area contributed by atoms with Gasteiger partial charge in [-0.2, -0.15) is 5.10 Å². The highest BCUT2D eigenvalue weighted by molar-refractivity contribution is 5.82. The van der Waals surface area contributed by atoms with Crippen molar-refractivity contribution in [2.45, 2.75) is 39.7 Å². The average molecular weight is 259 g/mol. The first kappa shape index (κ1) is 14.1. The van der Waals surface area contributed by atoms with Gasteiger partial charge in [0.15, 0.2) is 0 Å². The second-order valence-electron chi connectivity index (χ2n) is 5.66. The number of nitrogens with one attached hydrogen (secondary N) is 1. The molecular weight excluding hydrogens is 234 g/mol. The van der Waals surface area contributed by atoms with Crippen LogP contribution in [0.2, 0.25) is 0 Å². The van der Waals surface area contributed by atoms with Crippen LogP contribution in [-0.2, 0) is 7.05 Å². The van der Waals surface area contributed by atoms with Crippen LogP contribution in [0.4, 0.5) is 0 Å². The van der Waals surface area contributed by atoms with E-state index >= 15 is 0 Å². The minimum Gasteiger partial charge on any atom is -0.309 e. The minimum atomic E-state index is 0.353. The van der Waals surface area contributed by atoms with Gasteiger partial charge in [0.2, 0.25) is 0 Å². The zero-order valence-corrected chi connectivity index (χ0v) is 12.5. The number of para-hydroxylation sites is 1. The lowest BCUT2D eigenvalue weighted by atomic mass is 9.99. The quantitative estimate of drug-likeness (QED) is 0.858. The molecule has 3 heteroatoms. The van der Waals surface area contributed by atoms with Crippen molar-refractivity contribution < 1.29 is 0 Å². The van der Waals surface area contributed by atoms with Gasteiger partial charge >= 0.3 is 0 Å². The maximum Gasteiger partial charge on any atom is 0.0872 e. The Hall–Kier alpha value is -1.35. The van der Waals surface area contributed by atoms with Crippen LogP contribution in [-0.4, -0.2) is 16.3 Å². The molecule has 2 aromatic rings. The Bertz CT molecular complexity index is 528. The number of benzene rings is 1. The van der Waals surface area contributed by atoms with Gasteiger partial charge in [-0.05, 0) is 31.4 Å². The molecule has 0 amide bonds. The maximum atomic E-state index is 4.75. The molecule has 104 valence electrons. The van der Waals surface area contributed by atoms with Crippen molar-refractivity contribution in [1.29, 1.82) is 0 Å². The molecule has 1 atom stereocenters. The van der Waals surface area contributed by atoms with Crippen LogP contribution < -0.4 is 5.32 Å². The van der Waals surface area contributed by atoms with E-state index in [2.05, 4.69) is 50.4 Å². The van der Waals surface area contributed by atoms with Gasteiger partial charge < -0.3 is 5.32 Å². The number of fused-ring (bicyclic) bond motifs is 1. The Kier molecular flexibility index (Phi) is 4.59. The lowest BCUT2D eigenvalue weighted by Gasteiger charge is -2.19. The molecule has 0 saturated carbocycles. The number of nitrogens with zero attached hydrogens (tertiary/aromatic N) is 2. The molecule has 0 bridgehead atoms. The van der Waals surface area contributed by atoms with Crippen LogP contribution in [0, 0.1) is 5.92 Å². The normalized spacial score (nSPS) is 13.3. The summed E-state index contributed by atoms with van der Waals surface area (Å²) < 4.78 is 1.99. The Morgan fingerprint density at radius 3 is 2.68 bits per heavy atom. The molecule has 0 spiro atoms. The molecule has 3 nitrogen and oxygen atoms in total. The highest BCUT2D eigenvalue weighted by Gasteiger charge is 2.19. The number of hydrogen-bond donors (Lipinski definition) is 1.